The number of aryl methyl sites for hydroxylation is 1. The largest absolute Gasteiger partial charge is 0.483 e. The molecular weight excluding hydrogens is 434 g/mol. The first-order valence-corrected chi connectivity index (χ1v) is 10.2. The molecule has 12 nitrogen and oxygen atoms in total. The van der Waals surface area contributed by atoms with Gasteiger partial charge in [-0.05, 0) is 30.9 Å². The number of carboxylic acid groups (broad SMARTS) is 2. The van der Waals surface area contributed by atoms with E-state index in [4.69, 9.17) is 30.3 Å². The molecule has 1 atom stereocenters. The average Bonchev–Trinajstić information content (AvgIpc) is 3.53. The van der Waals surface area contributed by atoms with Gasteiger partial charge in [-0.3, -0.25) is 28.8 Å². The normalized spacial score (nSPS) is 16.3. The SMILES string of the molecule is Cn1cc2c(n1)C(COCC1CC1)CN(C(=O)c1cccnc1C(N)=O)C2.O=CO.O=CO. The molecular formula is C21H27N5O7. The maximum absolute atomic E-state index is 13.1. The summed E-state index contributed by atoms with van der Waals surface area (Å²) in [5.41, 5.74) is 7.60. The second-order valence-corrected chi connectivity index (χ2v) is 7.55. The van der Waals surface area contributed by atoms with Crippen LogP contribution in [0.15, 0.2) is 24.5 Å². The van der Waals surface area contributed by atoms with Crippen LogP contribution in [0.25, 0.3) is 0 Å². The van der Waals surface area contributed by atoms with Crippen LogP contribution in [0, 0.1) is 5.92 Å². The minimum atomic E-state index is -0.706. The molecule has 0 aromatic carbocycles. The number of nitrogens with zero attached hydrogens (tertiary/aromatic N) is 4. The number of pyridine rings is 1. The molecule has 33 heavy (non-hydrogen) atoms. The van der Waals surface area contributed by atoms with Crippen LogP contribution in [0.3, 0.4) is 0 Å². The Morgan fingerprint density at radius 3 is 2.52 bits per heavy atom. The number of primary amides is 1. The molecule has 4 N–H and O–H groups in total. The molecule has 0 saturated heterocycles. The number of amides is 2. The average molecular weight is 461 g/mol. The van der Waals surface area contributed by atoms with Crippen LogP contribution in [0.2, 0.25) is 0 Å². The number of fused-ring (bicyclic) bond motifs is 1. The Bertz CT molecular complexity index is 968. The van der Waals surface area contributed by atoms with Crippen LogP contribution in [0.4, 0.5) is 0 Å². The van der Waals surface area contributed by atoms with Crippen LogP contribution in [-0.4, -0.2) is 74.4 Å². The molecule has 1 unspecified atom stereocenters. The number of carbonyl (C=O) groups is 4. The van der Waals surface area contributed by atoms with Gasteiger partial charge in [-0.25, -0.2) is 0 Å². The van der Waals surface area contributed by atoms with Crippen LogP contribution in [-0.2, 0) is 27.9 Å². The number of aromatic nitrogens is 3. The zero-order valence-electron chi connectivity index (χ0n) is 18.2. The number of nitrogens with two attached hydrogens (primary N) is 1. The topological polar surface area (TPSA) is 178 Å². The zero-order chi connectivity index (χ0) is 24.4. The molecule has 2 aliphatic rings. The van der Waals surface area contributed by atoms with Crippen molar-refractivity contribution in [2.45, 2.75) is 25.3 Å². The fraction of sp³-hybridized carbons (Fsp3) is 0.429. The lowest BCUT2D eigenvalue weighted by atomic mass is 9.96. The molecule has 1 aliphatic heterocycles. The fourth-order valence-electron chi connectivity index (χ4n) is 3.54. The van der Waals surface area contributed by atoms with E-state index in [1.807, 2.05) is 13.2 Å². The first kappa shape index (κ1) is 25.5. The molecule has 2 amide bonds. The van der Waals surface area contributed by atoms with Gasteiger partial charge in [0.05, 0.1) is 17.9 Å². The summed E-state index contributed by atoms with van der Waals surface area (Å²) in [5, 5.41) is 18.3. The molecule has 2 aromatic heterocycles. The summed E-state index contributed by atoms with van der Waals surface area (Å²) in [6, 6.07) is 3.22. The summed E-state index contributed by atoms with van der Waals surface area (Å²) >= 11 is 0. The van der Waals surface area contributed by atoms with E-state index < -0.39 is 5.91 Å². The summed E-state index contributed by atoms with van der Waals surface area (Å²) in [6.07, 6.45) is 5.86. The van der Waals surface area contributed by atoms with E-state index in [1.54, 1.807) is 21.7 Å². The van der Waals surface area contributed by atoms with Crippen molar-refractivity contribution in [1.82, 2.24) is 19.7 Å². The maximum atomic E-state index is 13.1. The van der Waals surface area contributed by atoms with Crippen molar-refractivity contribution >= 4 is 24.8 Å². The third-order valence-corrected chi connectivity index (χ3v) is 5.05. The summed E-state index contributed by atoms with van der Waals surface area (Å²) in [5.74, 6) is -0.268. The maximum Gasteiger partial charge on any atom is 0.290 e. The lowest BCUT2D eigenvalue weighted by molar-refractivity contribution is -0.123. The van der Waals surface area contributed by atoms with Gasteiger partial charge < -0.3 is 25.6 Å². The Balaban J connectivity index is 0.000000582. The first-order chi connectivity index (χ1) is 15.9. The minimum absolute atomic E-state index is 0.000942. The van der Waals surface area contributed by atoms with Gasteiger partial charge in [-0.15, -0.1) is 0 Å². The van der Waals surface area contributed by atoms with Gasteiger partial charge in [0.1, 0.15) is 5.69 Å². The van der Waals surface area contributed by atoms with E-state index in [1.165, 1.54) is 19.0 Å². The van der Waals surface area contributed by atoms with Crippen LogP contribution >= 0.6 is 0 Å². The molecule has 178 valence electrons. The third-order valence-electron chi connectivity index (χ3n) is 5.05. The van der Waals surface area contributed by atoms with Gasteiger partial charge in [0.15, 0.2) is 0 Å². The van der Waals surface area contributed by atoms with Crippen molar-refractivity contribution in [1.29, 1.82) is 0 Å². The first-order valence-electron chi connectivity index (χ1n) is 10.2. The Morgan fingerprint density at radius 1 is 1.24 bits per heavy atom. The highest BCUT2D eigenvalue weighted by Crippen LogP contribution is 2.31. The quantitative estimate of drug-likeness (QED) is 0.516. The molecule has 3 heterocycles. The highest BCUT2D eigenvalue weighted by Gasteiger charge is 2.33. The minimum Gasteiger partial charge on any atom is -0.483 e. The standard InChI is InChI=1S/C19H23N5O3.2CH2O2/c1-23-7-13-8-24(19(26)15-3-2-6-21-17(15)18(20)25)9-14(16(13)22-23)11-27-10-12-4-5-12;2*2-1-3/h2-3,6-7,12,14H,4-5,8-11H2,1H3,(H2,20,25);2*1H,(H,2,3). The fourth-order valence-corrected chi connectivity index (χ4v) is 3.54. The second-order valence-electron chi connectivity index (χ2n) is 7.55. The molecule has 4 rings (SSSR count). The number of carbonyl (C=O) groups excluding carboxylic acids is 2. The summed E-state index contributed by atoms with van der Waals surface area (Å²) < 4.78 is 7.65. The molecule has 1 saturated carbocycles. The van der Waals surface area contributed by atoms with Gasteiger partial charge >= 0.3 is 0 Å². The lowest BCUT2D eigenvalue weighted by Crippen LogP contribution is -2.40. The van der Waals surface area contributed by atoms with Gasteiger partial charge in [-0.1, -0.05) is 0 Å². The number of hydrogen-bond donors (Lipinski definition) is 3. The Kier molecular flexibility index (Phi) is 9.48. The molecule has 12 heteroatoms. The van der Waals surface area contributed by atoms with Crippen molar-refractivity contribution in [3.05, 3.63) is 47.0 Å². The molecule has 0 radical (unpaired) electrons. The van der Waals surface area contributed by atoms with E-state index in [-0.39, 0.29) is 36.0 Å². The van der Waals surface area contributed by atoms with E-state index in [0.29, 0.717) is 25.6 Å². The molecule has 0 spiro atoms. The van der Waals surface area contributed by atoms with Crippen molar-refractivity contribution in [2.75, 3.05) is 19.8 Å². The monoisotopic (exact) mass is 461 g/mol. The van der Waals surface area contributed by atoms with Crippen LogP contribution in [0.5, 0.6) is 0 Å². The predicted molar refractivity (Wildman–Crippen MR) is 114 cm³/mol. The number of rotatable bonds is 6. The Labute approximate surface area is 190 Å². The Morgan fingerprint density at radius 2 is 1.91 bits per heavy atom. The molecule has 1 fully saturated rings. The van der Waals surface area contributed by atoms with Gasteiger partial charge in [0.2, 0.25) is 0 Å². The number of hydrogen-bond acceptors (Lipinski definition) is 7. The van der Waals surface area contributed by atoms with Gasteiger partial charge in [-0.2, -0.15) is 5.10 Å². The van der Waals surface area contributed by atoms with E-state index in [9.17, 15) is 9.59 Å². The summed E-state index contributed by atoms with van der Waals surface area (Å²) in [6.45, 7) is 1.72. The van der Waals surface area contributed by atoms with E-state index in [0.717, 1.165) is 17.9 Å². The third kappa shape index (κ3) is 7.10. The second kappa shape index (κ2) is 12.3. The van der Waals surface area contributed by atoms with Crippen LogP contribution < -0.4 is 5.73 Å². The number of ether oxygens (including phenoxy) is 1. The lowest BCUT2D eigenvalue weighted by Gasteiger charge is -2.32. The van der Waals surface area contributed by atoms with E-state index in [2.05, 4.69) is 10.1 Å². The smallest absolute Gasteiger partial charge is 0.290 e. The highest BCUT2D eigenvalue weighted by atomic mass is 16.5. The molecule has 1 aliphatic carbocycles. The highest BCUT2D eigenvalue weighted by molar-refractivity contribution is 6.05. The Hall–Kier alpha value is -3.80. The van der Waals surface area contributed by atoms with Crippen molar-refractivity contribution < 1.29 is 34.1 Å². The van der Waals surface area contributed by atoms with Crippen molar-refractivity contribution in [3.63, 3.8) is 0 Å². The zero-order valence-corrected chi connectivity index (χ0v) is 18.2. The van der Waals surface area contributed by atoms with Crippen LogP contribution in [0.1, 0.15) is 50.9 Å². The van der Waals surface area contributed by atoms with Gasteiger partial charge in [0.25, 0.3) is 24.8 Å². The summed E-state index contributed by atoms with van der Waals surface area (Å²) in [4.78, 5) is 47.1. The molecule has 0 bridgehead atoms. The van der Waals surface area contributed by atoms with Crippen molar-refractivity contribution in [2.24, 2.45) is 18.7 Å². The van der Waals surface area contributed by atoms with E-state index >= 15 is 0 Å². The van der Waals surface area contributed by atoms with Gasteiger partial charge in [0, 0.05) is 50.6 Å². The molecule has 2 aromatic rings. The predicted octanol–water partition coefficient (Wildman–Crippen LogP) is 0.482. The summed E-state index contributed by atoms with van der Waals surface area (Å²) in [7, 11) is 1.87. The van der Waals surface area contributed by atoms with Crippen molar-refractivity contribution in [3.8, 4) is 0 Å².